The first-order chi connectivity index (χ1) is 24.8. The zero-order valence-corrected chi connectivity index (χ0v) is 27.3. The molecule has 0 aliphatic heterocycles. The molecule has 0 fully saturated rings. The van der Waals surface area contributed by atoms with E-state index in [9.17, 15) is 0 Å². The van der Waals surface area contributed by atoms with Crippen molar-refractivity contribution in [3.8, 4) is 22.3 Å². The number of para-hydroxylation sites is 1. The van der Waals surface area contributed by atoms with Crippen molar-refractivity contribution in [2.75, 3.05) is 0 Å². The second-order valence-corrected chi connectivity index (χ2v) is 14.2. The second kappa shape index (κ2) is 9.63. The molecule has 12 rings (SSSR count). The quantitative estimate of drug-likeness (QED) is 0.174. The van der Waals surface area contributed by atoms with Crippen LogP contribution in [-0.4, -0.2) is 0 Å². The lowest BCUT2D eigenvalue weighted by molar-refractivity contribution is 0.619. The maximum atomic E-state index is 6.74. The summed E-state index contributed by atoms with van der Waals surface area (Å²) in [5.74, 6) is 0. The molecule has 0 saturated carbocycles. The average Bonchev–Trinajstić information content (AvgIpc) is 3.95. The lowest BCUT2D eigenvalue weighted by atomic mass is 9.85. The number of hydrogen-bond acceptors (Lipinski definition) is 4. The maximum absolute atomic E-state index is 6.74. The molecule has 4 heteroatoms. The molecule has 8 aromatic carbocycles. The van der Waals surface area contributed by atoms with Crippen LogP contribution in [-0.2, 0) is 0 Å². The average molecular weight is 657 g/mol. The van der Waals surface area contributed by atoms with Gasteiger partial charge in [-0.2, -0.15) is 0 Å². The topological polar surface area (TPSA) is 39.4 Å². The zero-order chi connectivity index (χ0) is 32.5. The minimum absolute atomic E-state index is 0.841. The molecular formula is C46H24O3S. The number of benzene rings is 8. The van der Waals surface area contributed by atoms with Crippen molar-refractivity contribution in [1.82, 2.24) is 0 Å². The third kappa shape index (κ3) is 3.48. The molecule has 4 heterocycles. The van der Waals surface area contributed by atoms with Crippen LogP contribution >= 0.6 is 11.3 Å². The van der Waals surface area contributed by atoms with Crippen molar-refractivity contribution in [3.05, 3.63) is 146 Å². The van der Waals surface area contributed by atoms with Crippen molar-refractivity contribution >= 4 is 108 Å². The molecule has 0 saturated heterocycles. The predicted molar refractivity (Wildman–Crippen MR) is 210 cm³/mol. The van der Waals surface area contributed by atoms with E-state index in [1.807, 2.05) is 29.5 Å². The first-order valence-electron chi connectivity index (χ1n) is 16.8. The van der Waals surface area contributed by atoms with Gasteiger partial charge in [0.2, 0.25) is 0 Å². The van der Waals surface area contributed by atoms with Crippen LogP contribution in [0.3, 0.4) is 0 Å². The highest BCUT2D eigenvalue weighted by atomic mass is 32.1. The van der Waals surface area contributed by atoms with Crippen molar-refractivity contribution in [1.29, 1.82) is 0 Å². The van der Waals surface area contributed by atoms with Gasteiger partial charge in [0.05, 0.1) is 11.6 Å². The van der Waals surface area contributed by atoms with Crippen LogP contribution in [0.5, 0.6) is 0 Å². The summed E-state index contributed by atoms with van der Waals surface area (Å²) in [6.07, 6.45) is 1.79. The van der Waals surface area contributed by atoms with Gasteiger partial charge < -0.3 is 13.3 Å². The Morgan fingerprint density at radius 1 is 0.380 bits per heavy atom. The van der Waals surface area contributed by atoms with Crippen LogP contribution in [0.15, 0.2) is 159 Å². The molecule has 0 unspecified atom stereocenters. The minimum Gasteiger partial charge on any atom is -0.464 e. The Bertz CT molecular complexity index is 3330. The fourth-order valence-electron chi connectivity index (χ4n) is 8.39. The van der Waals surface area contributed by atoms with Gasteiger partial charge in [-0.15, -0.1) is 11.3 Å². The highest BCUT2D eigenvalue weighted by Gasteiger charge is 2.20. The Labute approximate surface area is 288 Å². The molecule has 50 heavy (non-hydrogen) atoms. The van der Waals surface area contributed by atoms with Crippen LogP contribution in [0, 0.1) is 0 Å². The maximum Gasteiger partial charge on any atom is 0.147 e. The van der Waals surface area contributed by atoms with Gasteiger partial charge in [0.15, 0.2) is 0 Å². The van der Waals surface area contributed by atoms with Gasteiger partial charge in [0, 0.05) is 41.7 Å². The Kier molecular flexibility index (Phi) is 5.12. The molecule has 4 aromatic heterocycles. The van der Waals surface area contributed by atoms with Crippen molar-refractivity contribution in [2.24, 2.45) is 0 Å². The summed E-state index contributed by atoms with van der Waals surface area (Å²) < 4.78 is 21.5. The highest BCUT2D eigenvalue weighted by Crippen LogP contribution is 2.47. The van der Waals surface area contributed by atoms with Crippen LogP contribution < -0.4 is 0 Å². The normalized spacial score (nSPS) is 12.4. The van der Waals surface area contributed by atoms with Gasteiger partial charge in [-0.3, -0.25) is 0 Å². The molecule has 12 aromatic rings. The Morgan fingerprint density at radius 2 is 1.04 bits per heavy atom. The molecule has 0 aliphatic carbocycles. The van der Waals surface area contributed by atoms with Crippen LogP contribution in [0.25, 0.3) is 119 Å². The van der Waals surface area contributed by atoms with E-state index in [-0.39, 0.29) is 0 Å². The minimum atomic E-state index is 0.841. The van der Waals surface area contributed by atoms with E-state index >= 15 is 0 Å². The molecular weight excluding hydrogens is 633 g/mol. The fourth-order valence-corrected chi connectivity index (χ4v) is 9.48. The first-order valence-corrected chi connectivity index (χ1v) is 17.6. The third-order valence-electron chi connectivity index (χ3n) is 10.5. The SMILES string of the molecule is c1ccc2c(c1)oc1ccc3c4ccc(-c5c6ccccc6c(-c6ccc7sc8ccc9ccoc9c8c7c6)c6ccccc56)cc4oc3c12. The molecule has 0 radical (unpaired) electrons. The number of fused-ring (bicyclic) bond motifs is 14. The summed E-state index contributed by atoms with van der Waals surface area (Å²) in [5.41, 5.74) is 9.18. The molecule has 0 N–H and O–H groups in total. The molecule has 232 valence electrons. The van der Waals surface area contributed by atoms with E-state index in [2.05, 4.69) is 121 Å². The van der Waals surface area contributed by atoms with Gasteiger partial charge in [0.25, 0.3) is 0 Å². The van der Waals surface area contributed by atoms with Crippen molar-refractivity contribution in [2.45, 2.75) is 0 Å². The van der Waals surface area contributed by atoms with E-state index in [0.717, 1.165) is 60.4 Å². The van der Waals surface area contributed by atoms with Gasteiger partial charge in [-0.1, -0.05) is 78.9 Å². The number of furan rings is 3. The highest BCUT2D eigenvalue weighted by molar-refractivity contribution is 7.26. The largest absolute Gasteiger partial charge is 0.464 e. The molecule has 0 bridgehead atoms. The fraction of sp³-hybridized carbons (Fsp3) is 0. The van der Waals surface area contributed by atoms with Gasteiger partial charge in [0.1, 0.15) is 27.9 Å². The summed E-state index contributed by atoms with van der Waals surface area (Å²) in [5, 5.41) is 12.7. The van der Waals surface area contributed by atoms with E-state index < -0.39 is 0 Å². The summed E-state index contributed by atoms with van der Waals surface area (Å²) in [4.78, 5) is 0. The van der Waals surface area contributed by atoms with E-state index in [1.165, 1.54) is 58.4 Å². The summed E-state index contributed by atoms with van der Waals surface area (Å²) in [6.45, 7) is 0. The van der Waals surface area contributed by atoms with Crippen molar-refractivity contribution in [3.63, 3.8) is 0 Å². The molecule has 3 nitrogen and oxygen atoms in total. The number of rotatable bonds is 2. The molecule has 0 spiro atoms. The van der Waals surface area contributed by atoms with Crippen molar-refractivity contribution < 1.29 is 13.3 Å². The third-order valence-corrected chi connectivity index (χ3v) is 11.7. The summed E-state index contributed by atoms with van der Waals surface area (Å²) >= 11 is 1.82. The number of hydrogen-bond donors (Lipinski definition) is 0. The van der Waals surface area contributed by atoms with Gasteiger partial charge in [-0.25, -0.2) is 0 Å². The van der Waals surface area contributed by atoms with Gasteiger partial charge >= 0.3 is 0 Å². The molecule has 0 aliphatic rings. The van der Waals surface area contributed by atoms with E-state index in [4.69, 9.17) is 13.3 Å². The first kappa shape index (κ1) is 26.6. The van der Waals surface area contributed by atoms with Crippen LogP contribution in [0.1, 0.15) is 0 Å². The molecule has 0 atom stereocenters. The molecule has 0 amide bonds. The number of thiophene rings is 1. The Morgan fingerprint density at radius 3 is 1.82 bits per heavy atom. The van der Waals surface area contributed by atoms with E-state index in [1.54, 1.807) is 6.26 Å². The Hall–Kier alpha value is -6.36. The second-order valence-electron chi connectivity index (χ2n) is 13.2. The van der Waals surface area contributed by atoms with Gasteiger partial charge in [-0.05, 0) is 104 Å². The predicted octanol–water partition coefficient (Wildman–Crippen LogP) is 14.2. The standard InChI is InChI=1S/C46H24O3S/c1-3-9-31-29(7-1)41(26-15-19-39-35(23-26)44-40(50-39)20-14-25-21-22-47-45(25)44)30-8-2-4-10-32(30)42(31)27-13-16-28-33-17-18-37-43(46(33)49-38(28)24-27)34-11-5-6-12-36(34)48-37/h1-24H. The zero-order valence-electron chi connectivity index (χ0n) is 26.5. The van der Waals surface area contributed by atoms with E-state index in [0.29, 0.717) is 0 Å². The summed E-state index contributed by atoms with van der Waals surface area (Å²) in [6, 6.07) is 50.0. The smallest absolute Gasteiger partial charge is 0.147 e. The monoisotopic (exact) mass is 656 g/mol. The lowest BCUT2D eigenvalue weighted by Crippen LogP contribution is -1.90. The lowest BCUT2D eigenvalue weighted by Gasteiger charge is -2.18. The van der Waals surface area contributed by atoms with Crippen LogP contribution in [0.2, 0.25) is 0 Å². The summed E-state index contributed by atoms with van der Waals surface area (Å²) in [7, 11) is 0. The van der Waals surface area contributed by atoms with Crippen LogP contribution in [0.4, 0.5) is 0 Å². The Balaban J connectivity index is 1.13.